The van der Waals surface area contributed by atoms with Crippen molar-refractivity contribution in [1.82, 2.24) is 10.3 Å². The summed E-state index contributed by atoms with van der Waals surface area (Å²) in [5.41, 5.74) is -2.04. The van der Waals surface area contributed by atoms with E-state index in [0.29, 0.717) is 6.07 Å². The van der Waals surface area contributed by atoms with E-state index in [9.17, 15) is 28.5 Å². The van der Waals surface area contributed by atoms with Crippen molar-refractivity contribution >= 4 is 11.6 Å². The van der Waals surface area contributed by atoms with E-state index in [-0.39, 0.29) is 0 Å². The molecule has 104 valence electrons. The Balaban J connectivity index is 2.85. The van der Waals surface area contributed by atoms with Crippen LogP contribution in [0.25, 0.3) is 0 Å². The Morgan fingerprint density at radius 2 is 2.21 bits per heavy atom. The second-order valence-corrected chi connectivity index (χ2v) is 3.47. The fraction of sp³-hybridized carbons (Fsp3) is 0.333. The van der Waals surface area contributed by atoms with Gasteiger partial charge in [0, 0.05) is 12.6 Å². The Hall–Kier alpha value is -2.36. The molecule has 0 aliphatic heterocycles. The highest BCUT2D eigenvalue weighted by Crippen LogP contribution is 2.08. The highest BCUT2D eigenvalue weighted by atomic mass is 19.3. The van der Waals surface area contributed by atoms with Gasteiger partial charge < -0.3 is 15.4 Å². The van der Waals surface area contributed by atoms with Crippen molar-refractivity contribution in [2.24, 2.45) is 0 Å². The van der Waals surface area contributed by atoms with Gasteiger partial charge in [-0.3, -0.25) is 19.7 Å². The van der Waals surface area contributed by atoms with Crippen LogP contribution in [0.4, 0.5) is 14.5 Å². The van der Waals surface area contributed by atoms with Crippen molar-refractivity contribution < 1.29 is 23.6 Å². The summed E-state index contributed by atoms with van der Waals surface area (Å²) in [7, 11) is 0. The molecule has 0 fully saturated rings. The predicted molar refractivity (Wildman–Crippen MR) is 58.1 cm³/mol. The van der Waals surface area contributed by atoms with Gasteiger partial charge in [-0.15, -0.1) is 0 Å². The number of carbonyl (C=O) groups excluding carboxylic acids is 1. The number of nitrogens with one attached hydrogen (secondary N) is 2. The maximum absolute atomic E-state index is 12.0. The highest BCUT2D eigenvalue weighted by Gasteiger charge is 2.20. The molecule has 19 heavy (non-hydrogen) atoms. The third-order valence-electron chi connectivity index (χ3n) is 2.11. The third-order valence-corrected chi connectivity index (χ3v) is 2.11. The first kappa shape index (κ1) is 14.7. The van der Waals surface area contributed by atoms with Crippen molar-refractivity contribution in [3.8, 4) is 0 Å². The van der Waals surface area contributed by atoms with Crippen LogP contribution >= 0.6 is 0 Å². The quantitative estimate of drug-likeness (QED) is 0.500. The third kappa shape index (κ3) is 3.81. The average Bonchev–Trinajstić information content (AvgIpc) is 2.35. The number of alkyl halides is 2. The number of amides is 1. The minimum atomic E-state index is -3.05. The summed E-state index contributed by atoms with van der Waals surface area (Å²) in [6.45, 7) is -0.779. The van der Waals surface area contributed by atoms with E-state index in [1.807, 2.05) is 10.3 Å². The molecule has 0 saturated heterocycles. The van der Waals surface area contributed by atoms with Crippen LogP contribution in [-0.2, 0) is 0 Å². The highest BCUT2D eigenvalue weighted by molar-refractivity contribution is 5.94. The van der Waals surface area contributed by atoms with Crippen LogP contribution in [0.15, 0.2) is 17.1 Å². The number of aromatic amines is 1. The maximum Gasteiger partial charge on any atom is 0.286 e. The van der Waals surface area contributed by atoms with Gasteiger partial charge in [-0.25, -0.2) is 8.78 Å². The zero-order chi connectivity index (χ0) is 14.6. The molecule has 1 aromatic heterocycles. The fourth-order valence-electron chi connectivity index (χ4n) is 1.13. The number of aliphatic hydroxyl groups is 1. The van der Waals surface area contributed by atoms with Crippen molar-refractivity contribution in [3.05, 3.63) is 38.3 Å². The fourth-order valence-corrected chi connectivity index (χ4v) is 1.13. The summed E-state index contributed by atoms with van der Waals surface area (Å²) in [5, 5.41) is 21.1. The summed E-state index contributed by atoms with van der Waals surface area (Å²) in [4.78, 5) is 34.3. The minimum absolute atomic E-state index is 0.529. The van der Waals surface area contributed by atoms with E-state index in [1.54, 1.807) is 0 Å². The molecule has 8 nitrogen and oxygen atoms in total. The van der Waals surface area contributed by atoms with Gasteiger partial charge in [0.05, 0.1) is 11.1 Å². The predicted octanol–water partition coefficient (Wildman–Crippen LogP) is -0.361. The number of nitrogens with zero attached hydrogens (tertiary/aromatic N) is 1. The van der Waals surface area contributed by atoms with Gasteiger partial charge in [-0.05, 0) is 0 Å². The van der Waals surface area contributed by atoms with Crippen LogP contribution in [0, 0.1) is 10.1 Å². The van der Waals surface area contributed by atoms with Crippen LogP contribution in [0.2, 0.25) is 0 Å². The molecular weight excluding hydrogens is 268 g/mol. The number of aliphatic hydroxyl groups excluding tert-OH is 1. The van der Waals surface area contributed by atoms with Crippen molar-refractivity contribution in [2.45, 2.75) is 12.5 Å². The molecule has 0 radical (unpaired) electrons. The van der Waals surface area contributed by atoms with Crippen LogP contribution in [-0.4, -0.2) is 40.0 Å². The molecule has 1 rings (SSSR count). The van der Waals surface area contributed by atoms with Crippen LogP contribution in [0.5, 0.6) is 0 Å². The van der Waals surface area contributed by atoms with Gasteiger partial charge in [0.15, 0.2) is 0 Å². The maximum atomic E-state index is 12.0. The van der Waals surface area contributed by atoms with E-state index in [0.717, 1.165) is 6.20 Å². The summed E-state index contributed by atoms with van der Waals surface area (Å²) >= 11 is 0. The summed E-state index contributed by atoms with van der Waals surface area (Å²) < 4.78 is 23.9. The second kappa shape index (κ2) is 6.00. The molecule has 0 saturated carbocycles. The lowest BCUT2D eigenvalue weighted by atomic mass is 10.2. The first-order chi connectivity index (χ1) is 8.82. The summed E-state index contributed by atoms with van der Waals surface area (Å²) in [5.74, 6) is -1.09. The monoisotopic (exact) mass is 277 g/mol. The van der Waals surface area contributed by atoms with Crippen LogP contribution in [0.1, 0.15) is 10.4 Å². The molecule has 3 N–H and O–H groups in total. The number of halogens is 2. The van der Waals surface area contributed by atoms with Gasteiger partial charge in [0.1, 0.15) is 11.7 Å². The Labute approximate surface area is 104 Å². The molecule has 1 amide bonds. The van der Waals surface area contributed by atoms with Gasteiger partial charge in [0.25, 0.3) is 23.6 Å². The summed E-state index contributed by atoms with van der Waals surface area (Å²) in [6, 6.07) is 0.711. The molecule has 1 atom stereocenters. The van der Waals surface area contributed by atoms with E-state index in [1.165, 1.54) is 0 Å². The number of hydrogen-bond donors (Lipinski definition) is 3. The molecule has 0 aromatic carbocycles. The SMILES string of the molecule is O=C(NCC(O)C(F)F)c1cc([N+](=O)[O-])c[nH]c1=O. The lowest BCUT2D eigenvalue weighted by Crippen LogP contribution is -2.37. The van der Waals surface area contributed by atoms with Crippen LogP contribution in [0.3, 0.4) is 0 Å². The first-order valence-electron chi connectivity index (χ1n) is 4.94. The number of hydrogen-bond acceptors (Lipinski definition) is 5. The van der Waals surface area contributed by atoms with Crippen LogP contribution < -0.4 is 10.9 Å². The normalized spacial score (nSPS) is 12.2. The number of carbonyl (C=O) groups is 1. The van der Waals surface area contributed by atoms with E-state index in [2.05, 4.69) is 0 Å². The Morgan fingerprint density at radius 1 is 1.58 bits per heavy atom. The molecule has 0 aliphatic carbocycles. The molecule has 1 heterocycles. The van der Waals surface area contributed by atoms with E-state index < -0.39 is 46.7 Å². The number of aromatic nitrogens is 1. The number of nitro groups is 1. The van der Waals surface area contributed by atoms with E-state index in [4.69, 9.17) is 5.11 Å². The molecule has 1 aromatic rings. The molecule has 10 heteroatoms. The molecule has 0 bridgehead atoms. The Bertz CT molecular complexity index is 545. The number of pyridine rings is 1. The van der Waals surface area contributed by atoms with Crippen molar-refractivity contribution in [2.75, 3.05) is 6.54 Å². The zero-order valence-electron chi connectivity index (χ0n) is 9.30. The topological polar surface area (TPSA) is 125 Å². The van der Waals surface area contributed by atoms with Gasteiger partial charge in [-0.2, -0.15) is 0 Å². The molecule has 0 aliphatic rings. The standard InChI is InChI=1S/C9H9F2N3O5/c10-7(11)6(15)3-13-9(17)5-1-4(14(18)19)2-12-8(5)16/h1-2,6-7,15H,3H2,(H,12,16)(H,13,17). The van der Waals surface area contributed by atoms with E-state index >= 15 is 0 Å². The van der Waals surface area contributed by atoms with Crippen molar-refractivity contribution in [1.29, 1.82) is 0 Å². The minimum Gasteiger partial charge on any atom is -0.385 e. The van der Waals surface area contributed by atoms with Crippen molar-refractivity contribution in [3.63, 3.8) is 0 Å². The largest absolute Gasteiger partial charge is 0.385 e. The first-order valence-corrected chi connectivity index (χ1v) is 4.94. The average molecular weight is 277 g/mol. The zero-order valence-corrected chi connectivity index (χ0v) is 9.30. The molecular formula is C9H9F2N3O5. The lowest BCUT2D eigenvalue weighted by molar-refractivity contribution is -0.385. The van der Waals surface area contributed by atoms with Gasteiger partial charge in [0.2, 0.25) is 0 Å². The lowest BCUT2D eigenvalue weighted by Gasteiger charge is -2.10. The Morgan fingerprint density at radius 3 is 2.74 bits per heavy atom. The molecule has 1 unspecified atom stereocenters. The smallest absolute Gasteiger partial charge is 0.286 e. The number of H-pyrrole nitrogens is 1. The van der Waals surface area contributed by atoms with Gasteiger partial charge in [-0.1, -0.05) is 0 Å². The molecule has 0 spiro atoms. The van der Waals surface area contributed by atoms with Gasteiger partial charge >= 0.3 is 0 Å². The number of rotatable bonds is 5. The summed E-state index contributed by atoms with van der Waals surface area (Å²) in [6.07, 6.45) is -4.34. The second-order valence-electron chi connectivity index (χ2n) is 3.47. The Kier molecular flexibility index (Phi) is 4.64.